The second-order valence-corrected chi connectivity index (χ2v) is 16.2. The van der Waals surface area contributed by atoms with Crippen molar-refractivity contribution in [3.63, 3.8) is 0 Å². The Labute approximate surface area is 359 Å². The van der Waals surface area contributed by atoms with Crippen molar-refractivity contribution in [1.82, 2.24) is 0 Å². The zero-order chi connectivity index (χ0) is 43.8. The third kappa shape index (κ3) is 23.1. The summed E-state index contributed by atoms with van der Waals surface area (Å²) < 4.78 is 34.1. The summed E-state index contributed by atoms with van der Waals surface area (Å²) >= 11 is 0. The van der Waals surface area contributed by atoms with Crippen LogP contribution < -0.4 is 0 Å². The van der Waals surface area contributed by atoms with Gasteiger partial charge < -0.3 is 64.2 Å². The molecule has 0 radical (unpaired) electrons. The van der Waals surface area contributed by atoms with E-state index in [-0.39, 0.29) is 19.6 Å². The molecule has 2 aliphatic heterocycles. The van der Waals surface area contributed by atoms with E-state index in [1.165, 1.54) is 51.4 Å². The number of carbonyl (C=O) groups is 1. The van der Waals surface area contributed by atoms with Gasteiger partial charge in [-0.1, -0.05) is 134 Å². The topological polar surface area (TPSA) is 214 Å². The van der Waals surface area contributed by atoms with E-state index >= 15 is 0 Å². The molecule has 0 bridgehead atoms. The summed E-state index contributed by atoms with van der Waals surface area (Å²) in [5.74, 6) is -0.394. The minimum atomic E-state index is -1.71. The van der Waals surface area contributed by atoms with Crippen LogP contribution in [-0.2, 0) is 33.2 Å². The highest BCUT2D eigenvalue weighted by molar-refractivity contribution is 5.69. The highest BCUT2D eigenvalue weighted by Gasteiger charge is 2.47. The van der Waals surface area contributed by atoms with Crippen LogP contribution in [0.15, 0.2) is 36.5 Å². The van der Waals surface area contributed by atoms with Gasteiger partial charge in [-0.15, -0.1) is 0 Å². The van der Waals surface area contributed by atoms with Gasteiger partial charge in [0, 0.05) is 13.0 Å². The van der Waals surface area contributed by atoms with Crippen molar-refractivity contribution in [2.24, 2.45) is 0 Å². The van der Waals surface area contributed by atoms with Crippen LogP contribution in [0, 0.1) is 0 Å². The van der Waals surface area contributed by atoms with Crippen LogP contribution in [0.1, 0.15) is 149 Å². The molecule has 2 heterocycles. The Bertz CT molecular complexity index is 1130. The molecule has 0 aromatic heterocycles. The fourth-order valence-electron chi connectivity index (χ4n) is 7.12. The molecular formula is C46H82O14. The number of aliphatic hydroxyl groups is 7. The maximum absolute atomic E-state index is 12.9. The standard InChI is InChI=1S/C46H82O14/c1-3-5-7-9-11-13-15-16-17-18-19-21-23-25-27-29-38(48)58-35(32-55-30-28-26-24-22-20-14-12-10-8-6-4-2)33-56-45-44(54)42(52)40(50)37(60-45)34-57-46-43(53)41(51)39(49)36(31-47)59-46/h5,7,11,13,16-17,35-37,39-47,49-54H,3-4,6,8-10,12,14-15,18-34H2,1-2H3/b7-5-,13-11-,17-16-. The van der Waals surface area contributed by atoms with E-state index in [4.69, 9.17) is 28.4 Å². The zero-order valence-electron chi connectivity index (χ0n) is 36.7. The number of hydrogen-bond acceptors (Lipinski definition) is 14. The van der Waals surface area contributed by atoms with Crippen LogP contribution in [-0.4, -0.2) is 142 Å². The van der Waals surface area contributed by atoms with E-state index in [0.29, 0.717) is 13.0 Å². The lowest BCUT2D eigenvalue weighted by atomic mass is 9.98. The van der Waals surface area contributed by atoms with E-state index < -0.39 is 86.7 Å². The summed E-state index contributed by atoms with van der Waals surface area (Å²) in [6.45, 7) is 3.53. The molecule has 2 fully saturated rings. The van der Waals surface area contributed by atoms with Crippen LogP contribution in [0.4, 0.5) is 0 Å². The van der Waals surface area contributed by atoms with Crippen molar-refractivity contribution in [3.05, 3.63) is 36.5 Å². The van der Waals surface area contributed by atoms with E-state index in [1.54, 1.807) is 0 Å². The number of hydrogen-bond donors (Lipinski definition) is 7. The van der Waals surface area contributed by atoms with Crippen molar-refractivity contribution in [2.45, 2.75) is 216 Å². The van der Waals surface area contributed by atoms with Crippen molar-refractivity contribution >= 4 is 5.97 Å². The molecule has 2 saturated heterocycles. The molecule has 14 nitrogen and oxygen atoms in total. The normalized spacial score (nSPS) is 28.0. The molecule has 0 spiro atoms. The molecule has 350 valence electrons. The number of ether oxygens (including phenoxy) is 6. The lowest BCUT2D eigenvalue weighted by Gasteiger charge is -2.42. The first kappa shape index (κ1) is 54.3. The molecule has 60 heavy (non-hydrogen) atoms. The maximum Gasteiger partial charge on any atom is 0.306 e. The molecule has 0 amide bonds. The van der Waals surface area contributed by atoms with Crippen molar-refractivity contribution in [2.75, 3.05) is 33.0 Å². The number of esters is 1. The van der Waals surface area contributed by atoms with Gasteiger partial charge in [0.2, 0.25) is 0 Å². The molecule has 0 aromatic rings. The third-order valence-electron chi connectivity index (χ3n) is 10.9. The first-order valence-electron chi connectivity index (χ1n) is 23.1. The first-order valence-corrected chi connectivity index (χ1v) is 23.1. The number of unbranched alkanes of at least 4 members (excludes halogenated alkanes) is 15. The summed E-state index contributed by atoms with van der Waals surface area (Å²) in [4.78, 5) is 12.9. The summed E-state index contributed by atoms with van der Waals surface area (Å²) in [6.07, 6.45) is 19.3. The molecule has 14 heteroatoms. The second kappa shape index (κ2) is 34.7. The van der Waals surface area contributed by atoms with Crippen molar-refractivity contribution < 1.29 is 69.0 Å². The lowest BCUT2D eigenvalue weighted by Crippen LogP contribution is -2.61. The fraction of sp³-hybridized carbons (Fsp3) is 0.848. The van der Waals surface area contributed by atoms with Gasteiger partial charge in [0.25, 0.3) is 0 Å². The minimum Gasteiger partial charge on any atom is -0.457 e. The smallest absolute Gasteiger partial charge is 0.306 e. The van der Waals surface area contributed by atoms with Crippen LogP contribution >= 0.6 is 0 Å². The summed E-state index contributed by atoms with van der Waals surface area (Å²) in [7, 11) is 0. The fourth-order valence-corrected chi connectivity index (χ4v) is 7.12. The summed E-state index contributed by atoms with van der Waals surface area (Å²) in [5, 5.41) is 71.9. The Morgan fingerprint density at radius 1 is 0.567 bits per heavy atom. The number of carbonyl (C=O) groups excluding carboxylic acids is 1. The van der Waals surface area contributed by atoms with E-state index in [0.717, 1.165) is 70.6 Å². The molecule has 0 aromatic carbocycles. The Morgan fingerprint density at radius 3 is 1.70 bits per heavy atom. The number of aliphatic hydroxyl groups excluding tert-OH is 7. The van der Waals surface area contributed by atoms with Crippen molar-refractivity contribution in [3.8, 4) is 0 Å². The van der Waals surface area contributed by atoms with Gasteiger partial charge in [0.05, 0.1) is 26.4 Å². The molecular weight excluding hydrogens is 776 g/mol. The lowest BCUT2D eigenvalue weighted by molar-refractivity contribution is -0.332. The van der Waals surface area contributed by atoms with E-state index in [2.05, 4.69) is 50.3 Å². The number of rotatable bonds is 35. The molecule has 2 rings (SSSR count). The van der Waals surface area contributed by atoms with E-state index in [1.807, 2.05) is 0 Å². The Balaban J connectivity index is 1.82. The monoisotopic (exact) mass is 859 g/mol. The van der Waals surface area contributed by atoms with Crippen LogP contribution in [0.3, 0.4) is 0 Å². The van der Waals surface area contributed by atoms with E-state index in [9.17, 15) is 40.5 Å². The molecule has 0 saturated carbocycles. The Hall–Kier alpha value is -1.79. The molecule has 0 aliphatic carbocycles. The van der Waals surface area contributed by atoms with Crippen molar-refractivity contribution in [1.29, 1.82) is 0 Å². The molecule has 7 N–H and O–H groups in total. The average molecular weight is 859 g/mol. The molecule has 11 atom stereocenters. The van der Waals surface area contributed by atoms with Gasteiger partial charge in [-0.25, -0.2) is 0 Å². The highest BCUT2D eigenvalue weighted by Crippen LogP contribution is 2.26. The second-order valence-electron chi connectivity index (χ2n) is 16.2. The minimum absolute atomic E-state index is 0.0559. The van der Waals surface area contributed by atoms with Gasteiger partial charge in [-0.05, 0) is 44.9 Å². The third-order valence-corrected chi connectivity index (χ3v) is 10.9. The average Bonchev–Trinajstić information content (AvgIpc) is 3.24. The summed E-state index contributed by atoms with van der Waals surface area (Å²) in [5.41, 5.74) is 0. The van der Waals surface area contributed by atoms with Gasteiger partial charge in [-0.3, -0.25) is 4.79 Å². The SMILES string of the molecule is CC/C=C\C/C=C\C/C=C\CCCCCCCC(=O)OC(COCCCCCCCCCCCCC)COC1OC(COC2OC(CO)C(O)C(O)C2O)C(O)C(O)C1O. The Kier molecular flexibility index (Phi) is 31.4. The largest absolute Gasteiger partial charge is 0.457 e. The molecule has 2 aliphatic rings. The van der Waals surface area contributed by atoms with Gasteiger partial charge in [0.15, 0.2) is 12.6 Å². The first-order chi connectivity index (χ1) is 29.1. The quantitative estimate of drug-likeness (QED) is 0.0240. The highest BCUT2D eigenvalue weighted by atomic mass is 16.7. The predicted octanol–water partition coefficient (Wildman–Crippen LogP) is 5.46. The van der Waals surface area contributed by atoms with Crippen LogP contribution in [0.25, 0.3) is 0 Å². The summed E-state index contributed by atoms with van der Waals surface area (Å²) in [6, 6.07) is 0. The van der Waals surface area contributed by atoms with Gasteiger partial charge in [-0.2, -0.15) is 0 Å². The maximum atomic E-state index is 12.9. The zero-order valence-corrected chi connectivity index (χ0v) is 36.7. The van der Waals surface area contributed by atoms with Gasteiger partial charge in [0.1, 0.15) is 54.9 Å². The molecule has 11 unspecified atom stereocenters. The van der Waals surface area contributed by atoms with Gasteiger partial charge >= 0.3 is 5.97 Å². The van der Waals surface area contributed by atoms with Crippen LogP contribution in [0.5, 0.6) is 0 Å². The number of allylic oxidation sites excluding steroid dienone is 6. The Morgan fingerprint density at radius 2 is 1.08 bits per heavy atom. The van der Waals surface area contributed by atoms with Crippen LogP contribution in [0.2, 0.25) is 0 Å². The predicted molar refractivity (Wildman–Crippen MR) is 229 cm³/mol.